The van der Waals surface area contributed by atoms with Gasteiger partial charge in [0.05, 0.1) is 12.2 Å². The van der Waals surface area contributed by atoms with Gasteiger partial charge in [0.1, 0.15) is 0 Å². The van der Waals surface area contributed by atoms with Crippen LogP contribution in [0.15, 0.2) is 24.3 Å². The van der Waals surface area contributed by atoms with Gasteiger partial charge in [-0.2, -0.15) is 0 Å². The summed E-state index contributed by atoms with van der Waals surface area (Å²) in [6.07, 6.45) is 3.78. The molecule has 144 valence electrons. The fraction of sp³-hybridized carbons (Fsp3) is 0.667. The van der Waals surface area contributed by atoms with E-state index < -0.39 is 0 Å². The van der Waals surface area contributed by atoms with E-state index in [0.29, 0.717) is 0 Å². The first kappa shape index (κ1) is 19.3. The molecule has 2 aliphatic heterocycles. The summed E-state index contributed by atoms with van der Waals surface area (Å²) in [4.78, 5) is 17.3. The Labute approximate surface area is 157 Å². The number of benzene rings is 1. The lowest BCUT2D eigenvalue weighted by atomic mass is 9.96. The molecule has 2 fully saturated rings. The van der Waals surface area contributed by atoms with Crippen LogP contribution in [0.4, 0.5) is 0 Å². The van der Waals surface area contributed by atoms with Crippen LogP contribution in [0.3, 0.4) is 0 Å². The number of morpholine rings is 1. The molecule has 2 N–H and O–H groups in total. The first-order chi connectivity index (χ1) is 12.4. The maximum atomic E-state index is 12.9. The summed E-state index contributed by atoms with van der Waals surface area (Å²) in [5.41, 5.74) is 8.12. The van der Waals surface area contributed by atoms with Crippen LogP contribution < -0.4 is 5.73 Å². The standard InChI is InChI=1S/C21H33N3O2/c1-15-12-23(13-16(2)26-15)14-18-7-9-19(10-8-18)21(25)24-11-5-4-6-20(24)17(3)22/h7-10,15-17,20H,4-6,11-14,22H2,1-3H3/t15-,16-,17+,20-/m1/s1. The van der Waals surface area contributed by atoms with E-state index >= 15 is 0 Å². The molecule has 1 amide bonds. The number of carbonyl (C=O) groups is 1. The van der Waals surface area contributed by atoms with Gasteiger partial charge in [-0.05, 0) is 57.7 Å². The molecule has 5 heteroatoms. The van der Waals surface area contributed by atoms with Crippen molar-refractivity contribution in [1.29, 1.82) is 0 Å². The van der Waals surface area contributed by atoms with Gasteiger partial charge in [0.2, 0.25) is 0 Å². The molecule has 1 aromatic carbocycles. The Hall–Kier alpha value is -1.43. The van der Waals surface area contributed by atoms with E-state index in [0.717, 1.165) is 51.0 Å². The highest BCUT2D eigenvalue weighted by Gasteiger charge is 2.29. The van der Waals surface area contributed by atoms with E-state index in [1.165, 1.54) is 5.56 Å². The third-order valence-corrected chi connectivity index (χ3v) is 5.52. The number of amides is 1. The molecule has 0 unspecified atom stereocenters. The number of nitrogens with two attached hydrogens (primary N) is 1. The number of hydrogen-bond donors (Lipinski definition) is 1. The van der Waals surface area contributed by atoms with Crippen molar-refractivity contribution in [2.24, 2.45) is 5.73 Å². The molecule has 0 aliphatic carbocycles. The molecule has 1 aromatic rings. The maximum absolute atomic E-state index is 12.9. The van der Waals surface area contributed by atoms with Gasteiger partial charge in [-0.25, -0.2) is 0 Å². The summed E-state index contributed by atoms with van der Waals surface area (Å²) >= 11 is 0. The highest BCUT2D eigenvalue weighted by atomic mass is 16.5. The van der Waals surface area contributed by atoms with Crippen molar-refractivity contribution in [3.05, 3.63) is 35.4 Å². The molecular weight excluding hydrogens is 326 g/mol. The topological polar surface area (TPSA) is 58.8 Å². The minimum absolute atomic E-state index is 0.0174. The highest BCUT2D eigenvalue weighted by molar-refractivity contribution is 5.94. The molecule has 26 heavy (non-hydrogen) atoms. The lowest BCUT2D eigenvalue weighted by Crippen LogP contribution is -2.51. The van der Waals surface area contributed by atoms with E-state index in [1.54, 1.807) is 0 Å². The van der Waals surface area contributed by atoms with Crippen molar-refractivity contribution in [1.82, 2.24) is 9.80 Å². The van der Waals surface area contributed by atoms with E-state index in [2.05, 4.69) is 30.9 Å². The van der Waals surface area contributed by atoms with E-state index in [1.807, 2.05) is 24.0 Å². The molecule has 0 aromatic heterocycles. The Bertz CT molecular complexity index is 592. The van der Waals surface area contributed by atoms with Gasteiger partial charge in [0.15, 0.2) is 0 Å². The predicted octanol–water partition coefficient (Wildman–Crippen LogP) is 2.64. The Balaban J connectivity index is 1.64. The number of carbonyl (C=O) groups excluding carboxylic acids is 1. The number of ether oxygens (including phenoxy) is 1. The van der Waals surface area contributed by atoms with Gasteiger partial charge in [0, 0.05) is 43.8 Å². The van der Waals surface area contributed by atoms with Gasteiger partial charge in [0.25, 0.3) is 5.91 Å². The Morgan fingerprint density at radius 1 is 1.19 bits per heavy atom. The lowest BCUT2D eigenvalue weighted by Gasteiger charge is -2.38. The number of rotatable bonds is 4. The Morgan fingerprint density at radius 3 is 2.46 bits per heavy atom. The van der Waals surface area contributed by atoms with Crippen molar-refractivity contribution >= 4 is 5.91 Å². The first-order valence-electron chi connectivity index (χ1n) is 9.97. The van der Waals surface area contributed by atoms with Crippen LogP contribution in [-0.2, 0) is 11.3 Å². The summed E-state index contributed by atoms with van der Waals surface area (Å²) in [5, 5.41) is 0. The van der Waals surface area contributed by atoms with Gasteiger partial charge in [-0.15, -0.1) is 0 Å². The highest BCUT2D eigenvalue weighted by Crippen LogP contribution is 2.22. The van der Waals surface area contributed by atoms with E-state index in [9.17, 15) is 4.79 Å². The number of hydrogen-bond acceptors (Lipinski definition) is 4. The SMILES string of the molecule is C[C@@H]1CN(Cc2ccc(C(=O)N3CCCC[C@@H]3[C@H](C)N)cc2)C[C@@H](C)O1. The minimum atomic E-state index is 0.0174. The number of likely N-dealkylation sites (tertiary alicyclic amines) is 1. The quantitative estimate of drug-likeness (QED) is 0.898. The van der Waals surface area contributed by atoms with Crippen LogP contribution in [-0.4, -0.2) is 59.6 Å². The summed E-state index contributed by atoms with van der Waals surface area (Å²) in [6, 6.07) is 8.29. The van der Waals surface area contributed by atoms with Crippen LogP contribution in [0.5, 0.6) is 0 Å². The number of piperidine rings is 1. The lowest BCUT2D eigenvalue weighted by molar-refractivity contribution is -0.0704. The Morgan fingerprint density at radius 2 is 1.85 bits per heavy atom. The van der Waals surface area contributed by atoms with Crippen molar-refractivity contribution < 1.29 is 9.53 Å². The van der Waals surface area contributed by atoms with Crippen LogP contribution >= 0.6 is 0 Å². The molecule has 5 nitrogen and oxygen atoms in total. The summed E-state index contributed by atoms with van der Waals surface area (Å²) in [7, 11) is 0. The van der Waals surface area contributed by atoms with Crippen LogP contribution in [0.1, 0.15) is 56.0 Å². The normalized spacial score (nSPS) is 28.8. The van der Waals surface area contributed by atoms with Crippen molar-refractivity contribution in [2.45, 2.75) is 70.9 Å². The van der Waals surface area contributed by atoms with Crippen molar-refractivity contribution in [2.75, 3.05) is 19.6 Å². The van der Waals surface area contributed by atoms with Crippen molar-refractivity contribution in [3.63, 3.8) is 0 Å². The molecule has 2 saturated heterocycles. The molecule has 2 aliphatic rings. The fourth-order valence-electron chi connectivity index (χ4n) is 4.35. The first-order valence-corrected chi connectivity index (χ1v) is 9.97. The van der Waals surface area contributed by atoms with Crippen LogP contribution in [0, 0.1) is 0 Å². The molecule has 4 atom stereocenters. The largest absolute Gasteiger partial charge is 0.373 e. The van der Waals surface area contributed by atoms with Gasteiger partial charge in [-0.3, -0.25) is 9.69 Å². The van der Waals surface area contributed by atoms with Gasteiger partial charge in [-0.1, -0.05) is 12.1 Å². The zero-order valence-corrected chi connectivity index (χ0v) is 16.4. The summed E-state index contributed by atoms with van der Waals surface area (Å²) < 4.78 is 5.80. The van der Waals surface area contributed by atoms with Gasteiger partial charge < -0.3 is 15.4 Å². The second-order valence-corrected chi connectivity index (χ2v) is 8.07. The smallest absolute Gasteiger partial charge is 0.254 e. The monoisotopic (exact) mass is 359 g/mol. The molecule has 0 bridgehead atoms. The molecule has 0 radical (unpaired) electrons. The van der Waals surface area contributed by atoms with E-state index in [-0.39, 0.29) is 30.2 Å². The second kappa shape index (κ2) is 8.51. The van der Waals surface area contributed by atoms with Crippen molar-refractivity contribution in [3.8, 4) is 0 Å². The summed E-state index contributed by atoms with van der Waals surface area (Å²) in [5.74, 6) is 0.118. The molecule has 0 saturated carbocycles. The second-order valence-electron chi connectivity index (χ2n) is 8.07. The average molecular weight is 360 g/mol. The summed E-state index contributed by atoms with van der Waals surface area (Å²) in [6.45, 7) is 9.87. The average Bonchev–Trinajstić information content (AvgIpc) is 2.61. The zero-order chi connectivity index (χ0) is 18.7. The van der Waals surface area contributed by atoms with Crippen LogP contribution in [0.25, 0.3) is 0 Å². The predicted molar refractivity (Wildman–Crippen MR) is 104 cm³/mol. The Kier molecular flexibility index (Phi) is 6.33. The number of nitrogens with zero attached hydrogens (tertiary/aromatic N) is 2. The van der Waals surface area contributed by atoms with Gasteiger partial charge >= 0.3 is 0 Å². The third-order valence-electron chi connectivity index (χ3n) is 5.52. The maximum Gasteiger partial charge on any atom is 0.254 e. The minimum Gasteiger partial charge on any atom is -0.373 e. The van der Waals surface area contributed by atoms with Crippen LogP contribution in [0.2, 0.25) is 0 Å². The molecular formula is C21H33N3O2. The molecule has 0 spiro atoms. The fourth-order valence-corrected chi connectivity index (χ4v) is 4.35. The molecule has 2 heterocycles. The zero-order valence-electron chi connectivity index (χ0n) is 16.4. The van der Waals surface area contributed by atoms with E-state index in [4.69, 9.17) is 10.5 Å². The third kappa shape index (κ3) is 4.64. The molecule has 3 rings (SSSR count).